The van der Waals surface area contributed by atoms with Crippen LogP contribution in [0.4, 0.5) is 29.7 Å². The van der Waals surface area contributed by atoms with Gasteiger partial charge in [-0.15, -0.1) is 11.3 Å². The maximum atomic E-state index is 12.9. The maximum absolute atomic E-state index is 12.9. The van der Waals surface area contributed by atoms with Crippen molar-refractivity contribution in [3.63, 3.8) is 0 Å². The molecule has 206 valence electrons. The van der Waals surface area contributed by atoms with Crippen LogP contribution < -0.4 is 15.5 Å². The van der Waals surface area contributed by atoms with E-state index in [0.29, 0.717) is 22.1 Å². The molecule has 0 aliphatic carbocycles. The summed E-state index contributed by atoms with van der Waals surface area (Å²) in [6.07, 6.45) is -3.14. The van der Waals surface area contributed by atoms with E-state index in [4.69, 9.17) is 4.74 Å². The summed E-state index contributed by atoms with van der Waals surface area (Å²) in [5, 5.41) is 19.6. The van der Waals surface area contributed by atoms with Crippen molar-refractivity contribution in [3.05, 3.63) is 109 Å². The molecule has 0 fully saturated rings. The molecule has 4 rings (SSSR count). The van der Waals surface area contributed by atoms with Gasteiger partial charge < -0.3 is 10.1 Å². The molecule has 0 radical (unpaired) electrons. The number of nitro groups is 1. The number of rotatable bonds is 10. The van der Waals surface area contributed by atoms with Gasteiger partial charge >= 0.3 is 6.18 Å². The molecule has 40 heavy (non-hydrogen) atoms. The fourth-order valence-electron chi connectivity index (χ4n) is 3.35. The lowest BCUT2D eigenvalue weighted by Gasteiger charge is -2.10. The number of halogens is 4. The van der Waals surface area contributed by atoms with Crippen LogP contribution in [0, 0.1) is 10.1 Å². The van der Waals surface area contributed by atoms with Crippen molar-refractivity contribution in [1.29, 1.82) is 0 Å². The molecule has 1 heterocycles. The molecule has 1 amide bonds. The average molecular weight is 634 g/mol. The molecule has 1 aromatic heterocycles. The predicted molar refractivity (Wildman–Crippen MR) is 148 cm³/mol. The molecule has 0 aliphatic heterocycles. The summed E-state index contributed by atoms with van der Waals surface area (Å²) in [7, 11) is 0. The Morgan fingerprint density at radius 1 is 1.15 bits per heavy atom. The van der Waals surface area contributed by atoms with Gasteiger partial charge in [-0.25, -0.2) is 10.4 Å². The summed E-state index contributed by atoms with van der Waals surface area (Å²) in [4.78, 5) is 27.0. The fourth-order valence-corrected chi connectivity index (χ4v) is 4.46. The van der Waals surface area contributed by atoms with E-state index in [1.54, 1.807) is 35.7 Å². The molecule has 2 N–H and O–H groups in total. The van der Waals surface area contributed by atoms with Gasteiger partial charge in [0.1, 0.15) is 12.4 Å². The van der Waals surface area contributed by atoms with Gasteiger partial charge in [0.25, 0.3) is 5.69 Å². The molecule has 4 aromatic rings. The zero-order valence-electron chi connectivity index (χ0n) is 20.3. The van der Waals surface area contributed by atoms with E-state index in [-0.39, 0.29) is 24.4 Å². The summed E-state index contributed by atoms with van der Waals surface area (Å²) in [6.45, 7) is 0.160. The molecule has 0 saturated heterocycles. The van der Waals surface area contributed by atoms with Crippen LogP contribution in [0.25, 0.3) is 0 Å². The highest BCUT2D eigenvalue weighted by Crippen LogP contribution is 2.32. The summed E-state index contributed by atoms with van der Waals surface area (Å²) < 4.78 is 45.4. The Kier molecular flexibility index (Phi) is 9.11. The third-order valence-corrected chi connectivity index (χ3v) is 6.54. The molecular weight excluding hydrogens is 615 g/mol. The van der Waals surface area contributed by atoms with E-state index in [1.807, 2.05) is 0 Å². The molecule has 0 spiro atoms. The smallest absolute Gasteiger partial charge is 0.416 e. The average Bonchev–Trinajstić information content (AvgIpc) is 3.34. The van der Waals surface area contributed by atoms with Gasteiger partial charge in [-0.1, -0.05) is 22.0 Å². The number of anilines is 2. The molecule has 9 nitrogen and oxygen atoms in total. The van der Waals surface area contributed by atoms with Crippen molar-refractivity contribution >= 4 is 55.9 Å². The van der Waals surface area contributed by atoms with Crippen molar-refractivity contribution in [2.24, 2.45) is 5.10 Å². The normalized spacial score (nSPS) is 11.4. The number of hydrogen-bond acceptors (Lipinski definition) is 8. The third-order valence-electron chi connectivity index (χ3n) is 5.24. The van der Waals surface area contributed by atoms with Crippen LogP contribution in [0.3, 0.4) is 0 Å². The van der Waals surface area contributed by atoms with Gasteiger partial charge in [0, 0.05) is 33.2 Å². The standard InChI is InChI=1S/C26H19BrF3N5O4S/c27-19-6-9-23(39-14-16-4-7-22(8-5-16)35(37)38)17(10-19)13-31-34-24(36)12-21-15-40-25(33-21)32-20-3-1-2-18(11-20)26(28,29)30/h1-11,13,15H,12,14H2,(H,32,33)(H,34,36)/b31-13-. The number of benzene rings is 3. The van der Waals surface area contributed by atoms with Crippen molar-refractivity contribution in [3.8, 4) is 5.75 Å². The van der Waals surface area contributed by atoms with E-state index >= 15 is 0 Å². The lowest BCUT2D eigenvalue weighted by Crippen LogP contribution is -2.20. The van der Waals surface area contributed by atoms with E-state index in [1.165, 1.54) is 30.5 Å². The van der Waals surface area contributed by atoms with Crippen LogP contribution in [0.15, 0.2) is 81.7 Å². The van der Waals surface area contributed by atoms with Crippen molar-refractivity contribution in [2.75, 3.05) is 5.32 Å². The molecule has 14 heteroatoms. The Morgan fingerprint density at radius 2 is 1.93 bits per heavy atom. The highest BCUT2D eigenvalue weighted by atomic mass is 79.9. The second kappa shape index (κ2) is 12.7. The highest BCUT2D eigenvalue weighted by Gasteiger charge is 2.30. The lowest BCUT2D eigenvalue weighted by molar-refractivity contribution is -0.384. The number of nitro benzene ring substituents is 1. The molecule has 0 saturated carbocycles. The zero-order valence-corrected chi connectivity index (χ0v) is 22.7. The van der Waals surface area contributed by atoms with Crippen LogP contribution in [-0.2, 0) is 24.0 Å². The number of aromatic nitrogens is 1. The Morgan fingerprint density at radius 3 is 2.65 bits per heavy atom. The minimum atomic E-state index is -4.46. The first kappa shape index (κ1) is 28.7. The second-order valence-corrected chi connectivity index (χ2v) is 9.99. The third kappa shape index (κ3) is 8.10. The van der Waals surface area contributed by atoms with Crippen molar-refractivity contribution < 1.29 is 27.6 Å². The molecule has 3 aromatic carbocycles. The van der Waals surface area contributed by atoms with E-state index in [9.17, 15) is 28.1 Å². The molecule has 0 unspecified atom stereocenters. The van der Waals surface area contributed by atoms with Crippen LogP contribution >= 0.6 is 27.3 Å². The first-order valence-corrected chi connectivity index (χ1v) is 13.1. The molecule has 0 aliphatic rings. The van der Waals surface area contributed by atoms with E-state index < -0.39 is 22.6 Å². The minimum absolute atomic E-state index is 0.0168. The van der Waals surface area contributed by atoms with Crippen LogP contribution in [0.5, 0.6) is 5.75 Å². The second-order valence-electron chi connectivity index (χ2n) is 8.21. The number of ether oxygens (including phenoxy) is 1. The zero-order chi connectivity index (χ0) is 28.7. The molecule has 0 atom stereocenters. The number of nitrogens with zero attached hydrogens (tertiary/aromatic N) is 3. The monoisotopic (exact) mass is 633 g/mol. The van der Waals surface area contributed by atoms with Gasteiger partial charge in [0.2, 0.25) is 5.91 Å². The van der Waals surface area contributed by atoms with E-state index in [0.717, 1.165) is 33.5 Å². The van der Waals surface area contributed by atoms with Crippen molar-refractivity contribution in [2.45, 2.75) is 19.2 Å². The largest absolute Gasteiger partial charge is 0.488 e. The Hall–Kier alpha value is -4.30. The number of carbonyl (C=O) groups excluding carboxylic acids is 1. The summed E-state index contributed by atoms with van der Waals surface area (Å²) >= 11 is 4.53. The first-order valence-electron chi connectivity index (χ1n) is 11.4. The Labute approximate surface area is 238 Å². The number of thiazole rings is 1. The Balaban J connectivity index is 1.32. The van der Waals surface area contributed by atoms with Gasteiger partial charge in [-0.2, -0.15) is 18.3 Å². The number of amides is 1. The predicted octanol–water partition coefficient (Wildman–Crippen LogP) is 6.85. The number of hydrazone groups is 1. The minimum Gasteiger partial charge on any atom is -0.488 e. The topological polar surface area (TPSA) is 119 Å². The maximum Gasteiger partial charge on any atom is 0.416 e. The lowest BCUT2D eigenvalue weighted by atomic mass is 10.2. The van der Waals surface area contributed by atoms with Gasteiger partial charge in [-0.05, 0) is 54.1 Å². The number of carbonyl (C=O) groups is 1. The van der Waals surface area contributed by atoms with Crippen LogP contribution in [0.2, 0.25) is 0 Å². The highest BCUT2D eigenvalue weighted by molar-refractivity contribution is 9.10. The van der Waals surface area contributed by atoms with E-state index in [2.05, 4.69) is 36.8 Å². The summed E-state index contributed by atoms with van der Waals surface area (Å²) in [6, 6.07) is 16.0. The number of non-ortho nitro benzene ring substituents is 1. The fraction of sp³-hybridized carbons (Fsp3) is 0.115. The number of nitrogens with one attached hydrogen (secondary N) is 2. The van der Waals surface area contributed by atoms with Crippen LogP contribution in [0.1, 0.15) is 22.4 Å². The molecular formula is C26H19BrF3N5O4S. The SMILES string of the molecule is O=C(Cc1csc(Nc2cccc(C(F)(F)F)c2)n1)N/N=C\c1cc(Br)ccc1OCc1ccc([N+](=O)[O-])cc1. The van der Waals surface area contributed by atoms with Crippen molar-refractivity contribution in [1.82, 2.24) is 10.4 Å². The Bertz CT molecular complexity index is 1540. The summed E-state index contributed by atoms with van der Waals surface area (Å²) in [5.74, 6) is 0.0277. The summed E-state index contributed by atoms with van der Waals surface area (Å²) in [5.41, 5.74) is 3.56. The van der Waals surface area contributed by atoms with Gasteiger partial charge in [0.05, 0.1) is 28.8 Å². The van der Waals surface area contributed by atoms with Gasteiger partial charge in [0.15, 0.2) is 5.13 Å². The molecule has 0 bridgehead atoms. The quantitative estimate of drug-likeness (QED) is 0.112. The van der Waals surface area contributed by atoms with Crippen LogP contribution in [-0.4, -0.2) is 22.0 Å². The number of hydrogen-bond donors (Lipinski definition) is 2. The first-order chi connectivity index (χ1) is 19.1. The van der Waals surface area contributed by atoms with Gasteiger partial charge in [-0.3, -0.25) is 14.9 Å². The number of alkyl halides is 3.